The Hall–Kier alpha value is -1.42. The van der Waals surface area contributed by atoms with Gasteiger partial charge in [0.05, 0.1) is 0 Å². The minimum Gasteiger partial charge on any atom is -0.355 e. The van der Waals surface area contributed by atoms with Gasteiger partial charge in [0.1, 0.15) is 5.82 Å². The largest absolute Gasteiger partial charge is 0.355 e. The summed E-state index contributed by atoms with van der Waals surface area (Å²) in [6.07, 6.45) is 2.06. The molecule has 1 aromatic carbocycles. The fourth-order valence-electron chi connectivity index (χ4n) is 1.82. The number of carbonyl (C=O) groups is 1. The standard InChI is InChI=1S/C14H19FN2O/c1-10-2-5-13(15)8-12(10)9-16-6-7-17-14(18)11-3-4-11/h2,5,8,11,16H,3-4,6-7,9H2,1H3,(H,17,18). The Morgan fingerprint density at radius 1 is 1.39 bits per heavy atom. The second kappa shape index (κ2) is 5.96. The van der Waals surface area contributed by atoms with Crippen molar-refractivity contribution in [2.45, 2.75) is 26.3 Å². The Morgan fingerprint density at radius 3 is 2.89 bits per heavy atom. The van der Waals surface area contributed by atoms with Gasteiger partial charge in [-0.1, -0.05) is 6.07 Å². The molecule has 98 valence electrons. The summed E-state index contributed by atoms with van der Waals surface area (Å²) in [5, 5.41) is 6.08. The molecule has 1 aliphatic carbocycles. The van der Waals surface area contributed by atoms with E-state index < -0.39 is 0 Å². The molecular weight excluding hydrogens is 231 g/mol. The number of carbonyl (C=O) groups excluding carboxylic acids is 1. The van der Waals surface area contributed by atoms with Gasteiger partial charge in [0.25, 0.3) is 0 Å². The van der Waals surface area contributed by atoms with E-state index in [0.717, 1.165) is 24.0 Å². The van der Waals surface area contributed by atoms with Gasteiger partial charge in [0.15, 0.2) is 0 Å². The number of hydrogen-bond acceptors (Lipinski definition) is 2. The van der Waals surface area contributed by atoms with Gasteiger partial charge < -0.3 is 10.6 Å². The van der Waals surface area contributed by atoms with E-state index in [2.05, 4.69) is 10.6 Å². The molecule has 0 radical (unpaired) electrons. The monoisotopic (exact) mass is 250 g/mol. The van der Waals surface area contributed by atoms with Crippen LogP contribution in [-0.4, -0.2) is 19.0 Å². The fourth-order valence-corrected chi connectivity index (χ4v) is 1.82. The number of aryl methyl sites for hydroxylation is 1. The van der Waals surface area contributed by atoms with Crippen LogP contribution in [0.1, 0.15) is 24.0 Å². The summed E-state index contributed by atoms with van der Waals surface area (Å²) in [6, 6.07) is 4.79. The van der Waals surface area contributed by atoms with Crippen molar-refractivity contribution in [1.29, 1.82) is 0 Å². The molecule has 0 aliphatic heterocycles. The molecule has 0 saturated heterocycles. The summed E-state index contributed by atoms with van der Waals surface area (Å²) >= 11 is 0. The molecule has 1 amide bonds. The number of amides is 1. The number of benzene rings is 1. The zero-order valence-corrected chi connectivity index (χ0v) is 10.6. The average Bonchev–Trinajstić information content (AvgIpc) is 3.17. The molecule has 0 unspecified atom stereocenters. The first-order chi connectivity index (χ1) is 8.66. The second-order valence-electron chi connectivity index (χ2n) is 4.81. The third kappa shape index (κ3) is 3.81. The number of halogens is 1. The Morgan fingerprint density at radius 2 is 2.17 bits per heavy atom. The molecule has 18 heavy (non-hydrogen) atoms. The predicted octanol–water partition coefficient (Wildman–Crippen LogP) is 1.75. The van der Waals surface area contributed by atoms with Crippen LogP contribution < -0.4 is 10.6 Å². The minimum absolute atomic E-state index is 0.165. The molecule has 2 N–H and O–H groups in total. The number of nitrogens with one attached hydrogen (secondary N) is 2. The van der Waals surface area contributed by atoms with Gasteiger partial charge >= 0.3 is 0 Å². The molecule has 1 saturated carbocycles. The first kappa shape index (κ1) is 13.0. The lowest BCUT2D eigenvalue weighted by Gasteiger charge is -2.08. The Bertz CT molecular complexity index is 430. The molecule has 2 rings (SSSR count). The van der Waals surface area contributed by atoms with E-state index in [1.54, 1.807) is 12.1 Å². The van der Waals surface area contributed by atoms with Crippen LogP contribution in [-0.2, 0) is 11.3 Å². The molecule has 3 nitrogen and oxygen atoms in total. The average molecular weight is 250 g/mol. The van der Waals surface area contributed by atoms with Crippen molar-refractivity contribution in [1.82, 2.24) is 10.6 Å². The van der Waals surface area contributed by atoms with Crippen molar-refractivity contribution in [3.8, 4) is 0 Å². The van der Waals surface area contributed by atoms with Crippen LogP contribution in [0, 0.1) is 18.7 Å². The van der Waals surface area contributed by atoms with Crippen molar-refractivity contribution >= 4 is 5.91 Å². The van der Waals surface area contributed by atoms with E-state index >= 15 is 0 Å². The topological polar surface area (TPSA) is 41.1 Å². The Labute approximate surface area is 107 Å². The van der Waals surface area contributed by atoms with Crippen LogP contribution in [0.4, 0.5) is 4.39 Å². The first-order valence-electron chi connectivity index (χ1n) is 6.40. The molecule has 1 aromatic rings. The fraction of sp³-hybridized carbons (Fsp3) is 0.500. The lowest BCUT2D eigenvalue weighted by molar-refractivity contribution is -0.122. The van der Waals surface area contributed by atoms with E-state index in [9.17, 15) is 9.18 Å². The molecular formula is C14H19FN2O. The molecule has 0 heterocycles. The summed E-state index contributed by atoms with van der Waals surface area (Å²) in [4.78, 5) is 11.3. The van der Waals surface area contributed by atoms with Gasteiger partial charge in [-0.2, -0.15) is 0 Å². The van der Waals surface area contributed by atoms with Crippen LogP contribution in [0.15, 0.2) is 18.2 Å². The summed E-state index contributed by atoms with van der Waals surface area (Å²) < 4.78 is 13.0. The highest BCUT2D eigenvalue weighted by Gasteiger charge is 2.28. The van der Waals surface area contributed by atoms with E-state index in [1.165, 1.54) is 6.07 Å². The first-order valence-corrected chi connectivity index (χ1v) is 6.40. The zero-order valence-electron chi connectivity index (χ0n) is 10.6. The zero-order chi connectivity index (χ0) is 13.0. The van der Waals surface area contributed by atoms with Gasteiger partial charge in [-0.15, -0.1) is 0 Å². The SMILES string of the molecule is Cc1ccc(F)cc1CNCCNC(=O)C1CC1. The maximum atomic E-state index is 13.0. The summed E-state index contributed by atoms with van der Waals surface area (Å²) in [5.41, 5.74) is 2.04. The van der Waals surface area contributed by atoms with E-state index in [1.807, 2.05) is 6.92 Å². The Balaban J connectivity index is 1.65. The summed E-state index contributed by atoms with van der Waals surface area (Å²) in [6.45, 7) is 3.92. The third-order valence-corrected chi connectivity index (χ3v) is 3.18. The molecule has 4 heteroatoms. The normalized spacial score (nSPS) is 14.6. The van der Waals surface area contributed by atoms with Gasteiger partial charge in [-0.05, 0) is 43.0 Å². The van der Waals surface area contributed by atoms with Gasteiger partial charge in [0, 0.05) is 25.6 Å². The highest BCUT2D eigenvalue weighted by molar-refractivity contribution is 5.80. The molecule has 0 bridgehead atoms. The molecule has 0 aromatic heterocycles. The van der Waals surface area contributed by atoms with Gasteiger partial charge in [-0.3, -0.25) is 4.79 Å². The molecule has 1 fully saturated rings. The van der Waals surface area contributed by atoms with Crippen LogP contribution in [0.5, 0.6) is 0 Å². The van der Waals surface area contributed by atoms with E-state index in [0.29, 0.717) is 19.6 Å². The third-order valence-electron chi connectivity index (χ3n) is 3.18. The van der Waals surface area contributed by atoms with Crippen LogP contribution in [0.3, 0.4) is 0 Å². The molecule has 0 spiro atoms. The lowest BCUT2D eigenvalue weighted by atomic mass is 10.1. The van der Waals surface area contributed by atoms with Crippen LogP contribution >= 0.6 is 0 Å². The van der Waals surface area contributed by atoms with Crippen LogP contribution in [0.25, 0.3) is 0 Å². The van der Waals surface area contributed by atoms with E-state index in [-0.39, 0.29) is 17.6 Å². The highest BCUT2D eigenvalue weighted by atomic mass is 19.1. The second-order valence-corrected chi connectivity index (χ2v) is 4.81. The maximum Gasteiger partial charge on any atom is 0.223 e. The van der Waals surface area contributed by atoms with Gasteiger partial charge in [-0.25, -0.2) is 4.39 Å². The van der Waals surface area contributed by atoms with Crippen molar-refractivity contribution in [2.24, 2.45) is 5.92 Å². The van der Waals surface area contributed by atoms with Gasteiger partial charge in [0.2, 0.25) is 5.91 Å². The summed E-state index contributed by atoms with van der Waals surface area (Å²) in [5.74, 6) is 0.216. The van der Waals surface area contributed by atoms with Crippen molar-refractivity contribution in [2.75, 3.05) is 13.1 Å². The maximum absolute atomic E-state index is 13.0. The van der Waals surface area contributed by atoms with Crippen LogP contribution in [0.2, 0.25) is 0 Å². The minimum atomic E-state index is -0.209. The predicted molar refractivity (Wildman–Crippen MR) is 68.6 cm³/mol. The Kier molecular flexibility index (Phi) is 4.31. The van der Waals surface area contributed by atoms with Crippen molar-refractivity contribution in [3.63, 3.8) is 0 Å². The quantitative estimate of drug-likeness (QED) is 0.755. The van der Waals surface area contributed by atoms with Crippen molar-refractivity contribution in [3.05, 3.63) is 35.1 Å². The summed E-state index contributed by atoms with van der Waals surface area (Å²) in [7, 11) is 0. The highest BCUT2D eigenvalue weighted by Crippen LogP contribution is 2.28. The lowest BCUT2D eigenvalue weighted by Crippen LogP contribution is -2.32. The number of hydrogen-bond donors (Lipinski definition) is 2. The number of rotatable bonds is 6. The smallest absolute Gasteiger partial charge is 0.223 e. The molecule has 0 atom stereocenters. The molecule has 1 aliphatic rings. The van der Waals surface area contributed by atoms with Crippen molar-refractivity contribution < 1.29 is 9.18 Å². The van der Waals surface area contributed by atoms with E-state index in [4.69, 9.17) is 0 Å².